The van der Waals surface area contributed by atoms with Gasteiger partial charge in [0.2, 0.25) is 0 Å². The van der Waals surface area contributed by atoms with E-state index in [4.69, 9.17) is 16.7 Å². The third-order valence-electron chi connectivity index (χ3n) is 2.65. The Morgan fingerprint density at radius 1 is 1.47 bits per heavy atom. The number of carbonyl (C=O) groups is 2. The Balaban J connectivity index is 2.55. The lowest BCUT2D eigenvalue weighted by molar-refractivity contribution is -0.139. The van der Waals surface area contributed by atoms with Crippen LogP contribution in [0.15, 0.2) is 18.2 Å². The van der Waals surface area contributed by atoms with Crippen LogP contribution in [-0.4, -0.2) is 16.9 Å². The fourth-order valence-electron chi connectivity index (χ4n) is 1.90. The topological polar surface area (TPSA) is 54.4 Å². The lowest BCUT2D eigenvalue weighted by Gasteiger charge is -2.21. The Labute approximate surface area is 91.7 Å². The Bertz CT molecular complexity index is 439. The molecular formula is C11H9ClO3. The summed E-state index contributed by atoms with van der Waals surface area (Å²) in [5.41, 5.74) is 1.05. The van der Waals surface area contributed by atoms with Crippen molar-refractivity contribution in [3.63, 3.8) is 0 Å². The highest BCUT2D eigenvalue weighted by atomic mass is 35.5. The van der Waals surface area contributed by atoms with Crippen molar-refractivity contribution in [2.75, 3.05) is 0 Å². The average molecular weight is 225 g/mol. The molecule has 1 aliphatic rings. The van der Waals surface area contributed by atoms with Gasteiger partial charge in [-0.3, -0.25) is 9.59 Å². The molecule has 4 heteroatoms. The van der Waals surface area contributed by atoms with E-state index in [9.17, 15) is 9.59 Å². The van der Waals surface area contributed by atoms with Gasteiger partial charge < -0.3 is 5.11 Å². The Morgan fingerprint density at radius 3 is 2.87 bits per heavy atom. The van der Waals surface area contributed by atoms with Crippen LogP contribution in [0.2, 0.25) is 5.02 Å². The Morgan fingerprint density at radius 2 is 2.20 bits per heavy atom. The van der Waals surface area contributed by atoms with Crippen LogP contribution >= 0.6 is 11.6 Å². The number of aliphatic carboxylic acids is 1. The van der Waals surface area contributed by atoms with Gasteiger partial charge in [-0.05, 0) is 24.1 Å². The summed E-state index contributed by atoms with van der Waals surface area (Å²) in [7, 11) is 0. The molecule has 1 aliphatic carbocycles. The predicted octanol–water partition coefficient (Wildman–Crippen LogP) is 2.48. The minimum atomic E-state index is -0.883. The molecule has 2 rings (SSSR count). The molecule has 3 nitrogen and oxygen atoms in total. The quantitative estimate of drug-likeness (QED) is 0.797. The summed E-state index contributed by atoms with van der Waals surface area (Å²) < 4.78 is 0. The first-order valence-electron chi connectivity index (χ1n) is 4.65. The number of ketones is 1. The molecule has 1 unspecified atom stereocenters. The summed E-state index contributed by atoms with van der Waals surface area (Å²) in [6.07, 6.45) is 0.660. The first-order chi connectivity index (χ1) is 7.09. The van der Waals surface area contributed by atoms with Crippen molar-refractivity contribution in [3.8, 4) is 0 Å². The lowest BCUT2D eigenvalue weighted by atomic mass is 9.82. The number of hydrogen-bond acceptors (Lipinski definition) is 2. The van der Waals surface area contributed by atoms with E-state index in [1.165, 1.54) is 0 Å². The zero-order chi connectivity index (χ0) is 11.0. The molecule has 0 radical (unpaired) electrons. The van der Waals surface area contributed by atoms with Crippen LogP contribution in [0.1, 0.15) is 34.7 Å². The number of carboxylic acids is 1. The van der Waals surface area contributed by atoms with Gasteiger partial charge in [0.15, 0.2) is 5.78 Å². The molecule has 1 aromatic rings. The molecule has 0 heterocycles. The second kappa shape index (κ2) is 3.66. The molecule has 0 aromatic heterocycles. The Hall–Kier alpha value is -1.35. The van der Waals surface area contributed by atoms with E-state index >= 15 is 0 Å². The molecule has 0 saturated carbocycles. The van der Waals surface area contributed by atoms with Crippen LogP contribution < -0.4 is 0 Å². The minimum absolute atomic E-state index is 0.0231. The van der Waals surface area contributed by atoms with Crippen LogP contribution in [-0.2, 0) is 4.79 Å². The fourth-order valence-corrected chi connectivity index (χ4v) is 2.07. The molecule has 0 amide bonds. The minimum Gasteiger partial charge on any atom is -0.481 e. The van der Waals surface area contributed by atoms with Crippen molar-refractivity contribution in [1.29, 1.82) is 0 Å². The first-order valence-corrected chi connectivity index (χ1v) is 5.03. The van der Waals surface area contributed by atoms with E-state index in [1.807, 2.05) is 0 Å². The van der Waals surface area contributed by atoms with Gasteiger partial charge in [0.25, 0.3) is 0 Å². The van der Waals surface area contributed by atoms with Crippen LogP contribution in [0, 0.1) is 0 Å². The molecule has 0 spiro atoms. The van der Waals surface area contributed by atoms with Gasteiger partial charge in [-0.25, -0.2) is 0 Å². The van der Waals surface area contributed by atoms with Crippen molar-refractivity contribution in [2.45, 2.75) is 18.8 Å². The van der Waals surface area contributed by atoms with Crippen molar-refractivity contribution >= 4 is 23.4 Å². The summed E-state index contributed by atoms with van der Waals surface area (Å²) >= 11 is 5.77. The van der Waals surface area contributed by atoms with E-state index in [0.717, 1.165) is 0 Å². The summed E-state index contributed by atoms with van der Waals surface area (Å²) in [6.45, 7) is 0. The third kappa shape index (κ3) is 1.75. The maximum Gasteiger partial charge on any atom is 0.311 e. The SMILES string of the molecule is O=C1CCC(C(=O)O)c2ccc(Cl)cc21. The van der Waals surface area contributed by atoms with E-state index in [2.05, 4.69) is 0 Å². The number of benzene rings is 1. The van der Waals surface area contributed by atoms with Crippen molar-refractivity contribution < 1.29 is 14.7 Å². The molecule has 0 fully saturated rings. The standard InChI is InChI=1S/C11H9ClO3/c12-6-1-2-7-8(11(14)15)3-4-10(13)9(7)5-6/h1-2,5,8H,3-4H2,(H,14,15). The van der Waals surface area contributed by atoms with Gasteiger partial charge in [0.05, 0.1) is 5.92 Å². The van der Waals surface area contributed by atoms with E-state index in [0.29, 0.717) is 22.6 Å². The van der Waals surface area contributed by atoms with E-state index in [-0.39, 0.29) is 12.2 Å². The largest absolute Gasteiger partial charge is 0.481 e. The van der Waals surface area contributed by atoms with Crippen molar-refractivity contribution in [2.24, 2.45) is 0 Å². The molecular weight excluding hydrogens is 216 g/mol. The lowest BCUT2D eigenvalue weighted by Crippen LogP contribution is -2.21. The van der Waals surface area contributed by atoms with Gasteiger partial charge in [-0.2, -0.15) is 0 Å². The maximum absolute atomic E-state index is 11.6. The van der Waals surface area contributed by atoms with Gasteiger partial charge in [-0.1, -0.05) is 17.7 Å². The maximum atomic E-state index is 11.6. The van der Waals surface area contributed by atoms with Crippen molar-refractivity contribution in [3.05, 3.63) is 34.3 Å². The Kier molecular flexibility index (Phi) is 2.49. The van der Waals surface area contributed by atoms with Crippen LogP contribution in [0.25, 0.3) is 0 Å². The number of hydrogen-bond donors (Lipinski definition) is 1. The molecule has 0 saturated heterocycles. The molecule has 0 bridgehead atoms. The predicted molar refractivity (Wildman–Crippen MR) is 55.4 cm³/mol. The molecule has 1 N–H and O–H groups in total. The van der Waals surface area contributed by atoms with Crippen LogP contribution in [0.3, 0.4) is 0 Å². The number of halogens is 1. The molecule has 1 aromatic carbocycles. The second-order valence-electron chi connectivity index (χ2n) is 3.58. The molecule has 1 atom stereocenters. The number of carboxylic acid groups (broad SMARTS) is 1. The van der Waals surface area contributed by atoms with Gasteiger partial charge in [-0.15, -0.1) is 0 Å². The molecule has 78 valence electrons. The highest BCUT2D eigenvalue weighted by molar-refractivity contribution is 6.31. The second-order valence-corrected chi connectivity index (χ2v) is 4.02. The summed E-state index contributed by atoms with van der Waals surface area (Å²) in [5.74, 6) is -1.48. The van der Waals surface area contributed by atoms with Crippen LogP contribution in [0.4, 0.5) is 0 Å². The van der Waals surface area contributed by atoms with Gasteiger partial charge in [0.1, 0.15) is 0 Å². The number of fused-ring (bicyclic) bond motifs is 1. The smallest absolute Gasteiger partial charge is 0.311 e. The van der Waals surface area contributed by atoms with E-state index in [1.54, 1.807) is 18.2 Å². The zero-order valence-electron chi connectivity index (χ0n) is 7.87. The average Bonchev–Trinajstić information content (AvgIpc) is 2.19. The number of rotatable bonds is 1. The van der Waals surface area contributed by atoms with Gasteiger partial charge >= 0.3 is 5.97 Å². The van der Waals surface area contributed by atoms with Crippen molar-refractivity contribution in [1.82, 2.24) is 0 Å². The first kappa shape index (κ1) is 10.2. The third-order valence-corrected chi connectivity index (χ3v) is 2.88. The van der Waals surface area contributed by atoms with E-state index < -0.39 is 11.9 Å². The molecule has 0 aliphatic heterocycles. The highest BCUT2D eigenvalue weighted by Crippen LogP contribution is 2.33. The van der Waals surface area contributed by atoms with Gasteiger partial charge in [0, 0.05) is 17.0 Å². The summed E-state index contributed by atoms with van der Waals surface area (Å²) in [6, 6.07) is 4.80. The monoisotopic (exact) mass is 224 g/mol. The summed E-state index contributed by atoms with van der Waals surface area (Å²) in [5, 5.41) is 9.46. The zero-order valence-corrected chi connectivity index (χ0v) is 8.62. The molecule has 15 heavy (non-hydrogen) atoms. The van der Waals surface area contributed by atoms with Crippen LogP contribution in [0.5, 0.6) is 0 Å². The number of carbonyl (C=O) groups excluding carboxylic acids is 1. The normalized spacial score (nSPS) is 19.8. The number of Topliss-reactive ketones (excluding diaryl/α,β-unsaturated/α-hetero) is 1. The summed E-state index contributed by atoms with van der Waals surface area (Å²) in [4.78, 5) is 22.5. The highest BCUT2D eigenvalue weighted by Gasteiger charge is 2.30. The fraction of sp³-hybridized carbons (Fsp3) is 0.273.